The highest BCUT2D eigenvalue weighted by Gasteiger charge is 2.43. The van der Waals surface area contributed by atoms with Crippen LogP contribution in [0.25, 0.3) is 0 Å². The van der Waals surface area contributed by atoms with E-state index in [-0.39, 0.29) is 24.8 Å². The van der Waals surface area contributed by atoms with Gasteiger partial charge >= 0.3 is 0 Å². The van der Waals surface area contributed by atoms with Crippen LogP contribution in [-0.2, 0) is 14.3 Å². The molecule has 0 radical (unpaired) electrons. The number of halogens is 1. The number of morpholine rings is 1. The average Bonchev–Trinajstić information content (AvgIpc) is 3.59. The molecule has 1 saturated carbocycles. The van der Waals surface area contributed by atoms with Crippen molar-refractivity contribution in [2.75, 3.05) is 39.4 Å². The van der Waals surface area contributed by atoms with Crippen molar-refractivity contribution in [1.29, 1.82) is 0 Å². The van der Waals surface area contributed by atoms with Crippen molar-refractivity contribution in [2.24, 2.45) is 5.92 Å². The molecule has 0 unspecified atom stereocenters. The lowest BCUT2D eigenvalue weighted by Crippen LogP contribution is -2.58. The summed E-state index contributed by atoms with van der Waals surface area (Å²) in [5.74, 6) is 1.49. The largest absolute Gasteiger partial charge is 0.490 e. The lowest BCUT2D eigenvalue weighted by Gasteiger charge is -2.43. The molecule has 2 aliphatic heterocycles. The number of amides is 2. The van der Waals surface area contributed by atoms with Gasteiger partial charge in [0.25, 0.3) is 0 Å². The number of ether oxygens (including phenoxy) is 2. The van der Waals surface area contributed by atoms with Crippen molar-refractivity contribution in [3.63, 3.8) is 0 Å². The molecule has 7 heteroatoms. The number of hydrogen-bond donors (Lipinski definition) is 0. The second kappa shape index (κ2) is 9.78. The fourth-order valence-electron chi connectivity index (χ4n) is 4.45. The van der Waals surface area contributed by atoms with E-state index in [1.165, 1.54) is 6.42 Å². The van der Waals surface area contributed by atoms with Crippen LogP contribution in [0.5, 0.6) is 5.75 Å². The number of nitrogens with zero attached hydrogens (tertiary/aromatic N) is 2. The van der Waals surface area contributed by atoms with Gasteiger partial charge in [0.1, 0.15) is 18.0 Å². The third-order valence-electron chi connectivity index (χ3n) is 6.57. The number of benzene rings is 1. The molecule has 2 saturated heterocycles. The Labute approximate surface area is 189 Å². The predicted molar refractivity (Wildman–Crippen MR) is 119 cm³/mol. The van der Waals surface area contributed by atoms with Gasteiger partial charge in [0, 0.05) is 31.1 Å². The Kier molecular flexibility index (Phi) is 7.07. The first-order valence-electron chi connectivity index (χ1n) is 11.5. The summed E-state index contributed by atoms with van der Waals surface area (Å²) in [4.78, 5) is 29.7. The van der Waals surface area contributed by atoms with E-state index in [9.17, 15) is 9.59 Å². The van der Waals surface area contributed by atoms with Crippen LogP contribution in [0.4, 0.5) is 0 Å². The second-order valence-corrected chi connectivity index (χ2v) is 9.72. The summed E-state index contributed by atoms with van der Waals surface area (Å²) in [6.45, 7) is 5.15. The predicted octanol–water partition coefficient (Wildman–Crippen LogP) is 3.83. The van der Waals surface area contributed by atoms with E-state index in [0.717, 1.165) is 44.3 Å². The Morgan fingerprint density at radius 2 is 1.90 bits per heavy atom. The zero-order valence-electron chi connectivity index (χ0n) is 18.4. The molecule has 1 atom stereocenters. The van der Waals surface area contributed by atoms with Gasteiger partial charge in [0.05, 0.1) is 19.6 Å². The van der Waals surface area contributed by atoms with Crippen LogP contribution < -0.4 is 4.74 Å². The highest BCUT2D eigenvalue weighted by molar-refractivity contribution is 6.31. The molecule has 1 aliphatic carbocycles. The number of carbonyl (C=O) groups excluding carboxylic acids is 2. The van der Waals surface area contributed by atoms with Crippen molar-refractivity contribution in [2.45, 2.75) is 57.5 Å². The van der Waals surface area contributed by atoms with Gasteiger partial charge in [-0.05, 0) is 68.7 Å². The molecule has 3 fully saturated rings. The van der Waals surface area contributed by atoms with E-state index >= 15 is 0 Å². The molecule has 0 N–H and O–H groups in total. The number of carbonyl (C=O) groups is 2. The van der Waals surface area contributed by atoms with Crippen LogP contribution in [0, 0.1) is 12.8 Å². The van der Waals surface area contributed by atoms with E-state index in [4.69, 9.17) is 21.1 Å². The quantitative estimate of drug-likeness (QED) is 0.636. The Balaban J connectivity index is 1.47. The summed E-state index contributed by atoms with van der Waals surface area (Å²) in [7, 11) is 0. The summed E-state index contributed by atoms with van der Waals surface area (Å²) in [6, 6.07) is 5.53. The maximum Gasteiger partial charge on any atom is 0.225 e. The molecule has 0 aromatic heterocycles. The minimum atomic E-state index is -0.834. The molecule has 31 heavy (non-hydrogen) atoms. The Bertz CT molecular complexity index is 807. The lowest BCUT2D eigenvalue weighted by atomic mass is 9.95. The first-order valence-corrected chi connectivity index (χ1v) is 11.9. The first kappa shape index (κ1) is 22.4. The Morgan fingerprint density at radius 1 is 1.13 bits per heavy atom. The van der Waals surface area contributed by atoms with Crippen LogP contribution in [0.1, 0.15) is 50.5 Å². The molecule has 6 nitrogen and oxygen atoms in total. The monoisotopic (exact) mass is 448 g/mol. The normalized spacial score (nSPS) is 24.2. The molecule has 0 spiro atoms. The molecule has 3 aliphatic rings. The molecule has 170 valence electrons. The highest BCUT2D eigenvalue weighted by Crippen LogP contribution is 2.34. The zero-order valence-corrected chi connectivity index (χ0v) is 19.2. The number of rotatable bonds is 7. The van der Waals surface area contributed by atoms with Crippen molar-refractivity contribution in [3.8, 4) is 5.75 Å². The molecule has 2 amide bonds. The lowest BCUT2D eigenvalue weighted by molar-refractivity contribution is -0.166. The van der Waals surface area contributed by atoms with E-state index in [0.29, 0.717) is 42.8 Å². The van der Waals surface area contributed by atoms with E-state index in [1.54, 1.807) is 0 Å². The van der Waals surface area contributed by atoms with Crippen molar-refractivity contribution < 1.29 is 19.1 Å². The third-order valence-corrected chi connectivity index (χ3v) is 7.00. The van der Waals surface area contributed by atoms with Gasteiger partial charge in [0.2, 0.25) is 11.8 Å². The maximum absolute atomic E-state index is 13.1. The van der Waals surface area contributed by atoms with Crippen molar-refractivity contribution in [3.05, 3.63) is 28.8 Å². The number of likely N-dealkylation sites (tertiary alicyclic amines) is 1. The number of hydrogen-bond acceptors (Lipinski definition) is 4. The molecule has 2 heterocycles. The van der Waals surface area contributed by atoms with Crippen LogP contribution in [0.2, 0.25) is 5.02 Å². The standard InChI is InChI=1S/C24H33ClN2O4/c1-18-13-20(7-8-21(18)25)30-17-24(15-23(29)26-9-3-2-4-10-26)16-27(11-12-31-24)22(28)14-19-5-6-19/h7-8,13,19H,2-6,9-12,14-17H2,1H3/t24-/m0/s1. The van der Waals surface area contributed by atoms with Gasteiger partial charge in [-0.25, -0.2) is 0 Å². The van der Waals surface area contributed by atoms with E-state index < -0.39 is 5.60 Å². The van der Waals surface area contributed by atoms with Crippen LogP contribution in [0.15, 0.2) is 18.2 Å². The average molecular weight is 449 g/mol. The minimum Gasteiger partial charge on any atom is -0.490 e. The number of aryl methyl sites for hydroxylation is 1. The van der Waals surface area contributed by atoms with E-state index in [2.05, 4.69) is 0 Å². The van der Waals surface area contributed by atoms with Gasteiger partial charge in [-0.3, -0.25) is 9.59 Å². The second-order valence-electron chi connectivity index (χ2n) is 9.31. The van der Waals surface area contributed by atoms with Gasteiger partial charge < -0.3 is 19.3 Å². The SMILES string of the molecule is Cc1cc(OC[C@]2(CC(=O)N3CCCCC3)CN(C(=O)CC3CC3)CCO2)ccc1Cl. The van der Waals surface area contributed by atoms with Gasteiger partial charge in [-0.1, -0.05) is 11.6 Å². The van der Waals surface area contributed by atoms with Crippen molar-refractivity contribution in [1.82, 2.24) is 9.80 Å². The molecular formula is C24H33ClN2O4. The summed E-state index contributed by atoms with van der Waals surface area (Å²) in [5, 5.41) is 0.688. The van der Waals surface area contributed by atoms with Crippen LogP contribution >= 0.6 is 11.6 Å². The van der Waals surface area contributed by atoms with Crippen molar-refractivity contribution >= 4 is 23.4 Å². The molecule has 4 rings (SSSR count). The highest BCUT2D eigenvalue weighted by atomic mass is 35.5. The molecule has 1 aromatic carbocycles. The molecule has 1 aromatic rings. The first-order chi connectivity index (χ1) is 14.9. The van der Waals surface area contributed by atoms with Gasteiger partial charge in [-0.15, -0.1) is 0 Å². The molecular weight excluding hydrogens is 416 g/mol. The summed E-state index contributed by atoms with van der Waals surface area (Å²) >= 11 is 6.14. The Hall–Kier alpha value is -1.79. The fourth-order valence-corrected chi connectivity index (χ4v) is 4.57. The number of piperidine rings is 1. The summed E-state index contributed by atoms with van der Waals surface area (Å²) in [6.07, 6.45) is 6.40. The smallest absolute Gasteiger partial charge is 0.225 e. The maximum atomic E-state index is 13.1. The van der Waals surface area contributed by atoms with Crippen LogP contribution in [0.3, 0.4) is 0 Å². The third kappa shape index (κ3) is 5.92. The topological polar surface area (TPSA) is 59.1 Å². The summed E-state index contributed by atoms with van der Waals surface area (Å²) < 4.78 is 12.3. The molecule has 0 bridgehead atoms. The van der Waals surface area contributed by atoms with Gasteiger partial charge in [-0.2, -0.15) is 0 Å². The zero-order chi connectivity index (χ0) is 21.8. The Morgan fingerprint density at radius 3 is 2.61 bits per heavy atom. The minimum absolute atomic E-state index is 0.0899. The fraction of sp³-hybridized carbons (Fsp3) is 0.667. The van der Waals surface area contributed by atoms with Gasteiger partial charge in [0.15, 0.2) is 0 Å². The van der Waals surface area contributed by atoms with E-state index in [1.807, 2.05) is 34.9 Å². The van der Waals surface area contributed by atoms with Crippen LogP contribution in [-0.4, -0.2) is 66.6 Å². The summed E-state index contributed by atoms with van der Waals surface area (Å²) in [5.41, 5.74) is 0.0999.